The van der Waals surface area contributed by atoms with Crippen LogP contribution in [-0.2, 0) is 26.3 Å². The quantitative estimate of drug-likeness (QED) is 0.363. The predicted molar refractivity (Wildman–Crippen MR) is 166 cm³/mol. The molecule has 8 nitrogen and oxygen atoms in total. The van der Waals surface area contributed by atoms with Gasteiger partial charge in [0.25, 0.3) is 5.91 Å². The summed E-state index contributed by atoms with van der Waals surface area (Å²) in [4.78, 5) is 44.6. The highest BCUT2D eigenvalue weighted by Crippen LogP contribution is 2.44. The minimum Gasteiger partial charge on any atom is -0.351 e. The number of amides is 3. The fourth-order valence-electron chi connectivity index (χ4n) is 6.56. The van der Waals surface area contributed by atoms with Crippen molar-refractivity contribution in [2.75, 3.05) is 16.3 Å². The molecular formula is C35H38FN5O3. The molecule has 6 rings (SSSR count). The van der Waals surface area contributed by atoms with Crippen LogP contribution in [-0.4, -0.2) is 35.8 Å². The van der Waals surface area contributed by atoms with Crippen LogP contribution in [0.15, 0.2) is 66.9 Å². The fourth-order valence-corrected chi connectivity index (χ4v) is 6.56. The second kappa shape index (κ2) is 13.0. The van der Waals surface area contributed by atoms with Crippen molar-refractivity contribution in [1.82, 2.24) is 10.3 Å². The molecule has 1 saturated carbocycles. The molecule has 2 fully saturated rings. The van der Waals surface area contributed by atoms with Gasteiger partial charge in [-0.15, -0.1) is 0 Å². The van der Waals surface area contributed by atoms with Crippen LogP contribution in [0.25, 0.3) is 0 Å². The van der Waals surface area contributed by atoms with Crippen molar-refractivity contribution in [3.8, 4) is 6.07 Å². The van der Waals surface area contributed by atoms with Crippen LogP contribution in [0.2, 0.25) is 0 Å². The van der Waals surface area contributed by atoms with Crippen molar-refractivity contribution >= 4 is 29.7 Å². The highest BCUT2D eigenvalue weighted by molar-refractivity contribution is 5.98. The third-order valence-corrected chi connectivity index (χ3v) is 9.10. The number of nitrogens with zero attached hydrogens (tertiary/aromatic N) is 4. The van der Waals surface area contributed by atoms with E-state index >= 15 is 0 Å². The summed E-state index contributed by atoms with van der Waals surface area (Å²) in [5.74, 6) is 0.0726. The second-order valence-electron chi connectivity index (χ2n) is 12.5. The summed E-state index contributed by atoms with van der Waals surface area (Å²) in [6.07, 6.45) is 8.82. The van der Waals surface area contributed by atoms with Gasteiger partial charge in [0.05, 0.1) is 11.6 Å². The van der Waals surface area contributed by atoms with Gasteiger partial charge in [-0.05, 0) is 91.8 Å². The van der Waals surface area contributed by atoms with E-state index in [1.165, 1.54) is 17.0 Å². The van der Waals surface area contributed by atoms with Gasteiger partial charge in [-0.1, -0.05) is 44.2 Å². The Kier molecular flexibility index (Phi) is 9.09. The first-order valence-corrected chi connectivity index (χ1v) is 15.2. The monoisotopic (exact) mass is 595 g/mol. The van der Waals surface area contributed by atoms with Gasteiger partial charge in [-0.2, -0.15) is 5.26 Å². The van der Waals surface area contributed by atoms with Crippen molar-refractivity contribution in [2.45, 2.75) is 76.8 Å². The van der Waals surface area contributed by atoms with Gasteiger partial charge in [-0.3, -0.25) is 24.2 Å². The number of carbonyl (C=O) groups is 3. The lowest BCUT2D eigenvalue weighted by molar-refractivity contribution is -0.129. The van der Waals surface area contributed by atoms with E-state index in [2.05, 4.69) is 24.1 Å². The number of carbonyl (C=O) groups excluding carboxylic acids is 3. The minimum absolute atomic E-state index is 0.0904. The molecule has 3 amide bonds. The summed E-state index contributed by atoms with van der Waals surface area (Å²) in [5.41, 5.74) is 1.95. The van der Waals surface area contributed by atoms with Crippen molar-refractivity contribution < 1.29 is 18.8 Å². The number of pyridine rings is 1. The SMILES string of the molecule is CC1(C)CCC(NC(=O)C2(N(C=O)c3cccc(F)c3)CCc3ccccc32)CC1.N#Cc1ccnc(N2CCCC2=O)c1. The first kappa shape index (κ1) is 30.9. The first-order chi connectivity index (χ1) is 21.2. The molecule has 1 atom stereocenters. The lowest BCUT2D eigenvalue weighted by atomic mass is 9.75. The standard InChI is InChI=1S/C25H29FN2O2.C10H9N3O/c1-24(2)13-11-20(12-14-24)27-23(30)25(15-10-18-6-3-4-9-22(18)25)28(17-29)21-8-5-7-19(26)16-21;11-7-8-3-4-12-9(6-8)13-5-1-2-10(13)14/h3-9,16-17,20H,10-15H2,1-2H3,(H,27,30);3-4,6H,1-2,5H2. The molecule has 0 radical (unpaired) electrons. The van der Waals surface area contributed by atoms with Crippen LogP contribution in [0, 0.1) is 22.6 Å². The van der Waals surface area contributed by atoms with E-state index < -0.39 is 11.4 Å². The van der Waals surface area contributed by atoms with Gasteiger partial charge in [0.15, 0.2) is 5.54 Å². The average Bonchev–Trinajstić information content (AvgIpc) is 3.63. The van der Waals surface area contributed by atoms with Crippen LogP contribution in [0.1, 0.15) is 75.5 Å². The summed E-state index contributed by atoms with van der Waals surface area (Å²) < 4.78 is 14.0. The highest BCUT2D eigenvalue weighted by Gasteiger charge is 2.51. The number of nitrogens with one attached hydrogen (secondary N) is 1. The number of fused-ring (bicyclic) bond motifs is 1. The Bertz CT molecular complexity index is 1570. The van der Waals surface area contributed by atoms with Crippen LogP contribution >= 0.6 is 0 Å². The van der Waals surface area contributed by atoms with Crippen molar-refractivity contribution in [2.24, 2.45) is 5.41 Å². The number of aromatic nitrogens is 1. The number of halogens is 1. The molecule has 3 aromatic rings. The normalized spacial score (nSPS) is 20.6. The van der Waals surface area contributed by atoms with E-state index in [9.17, 15) is 18.8 Å². The van der Waals surface area contributed by atoms with E-state index in [1.807, 2.05) is 30.3 Å². The van der Waals surface area contributed by atoms with Gasteiger partial charge in [0.2, 0.25) is 12.3 Å². The number of hydrogen-bond donors (Lipinski definition) is 1. The van der Waals surface area contributed by atoms with Crippen LogP contribution in [0.4, 0.5) is 15.9 Å². The summed E-state index contributed by atoms with van der Waals surface area (Å²) in [6, 6.07) is 19.0. The summed E-state index contributed by atoms with van der Waals surface area (Å²) in [6.45, 7) is 5.23. The molecule has 44 heavy (non-hydrogen) atoms. The van der Waals surface area contributed by atoms with Crippen LogP contribution in [0.3, 0.4) is 0 Å². The zero-order valence-electron chi connectivity index (χ0n) is 25.3. The average molecular weight is 596 g/mol. The molecule has 228 valence electrons. The van der Waals surface area contributed by atoms with Gasteiger partial charge in [0, 0.05) is 30.9 Å². The van der Waals surface area contributed by atoms with Crippen molar-refractivity contribution in [3.05, 3.63) is 89.4 Å². The Hall–Kier alpha value is -4.58. The molecule has 1 unspecified atom stereocenters. The maximum atomic E-state index is 14.0. The van der Waals surface area contributed by atoms with E-state index in [4.69, 9.17) is 5.26 Å². The molecule has 9 heteroatoms. The molecule has 1 aliphatic heterocycles. The Morgan fingerprint density at radius 3 is 2.55 bits per heavy atom. The number of aryl methyl sites for hydroxylation is 1. The Morgan fingerprint density at radius 1 is 1.09 bits per heavy atom. The van der Waals surface area contributed by atoms with Crippen LogP contribution < -0.4 is 15.1 Å². The van der Waals surface area contributed by atoms with E-state index in [-0.39, 0.29) is 17.9 Å². The molecule has 2 heterocycles. The molecule has 1 N–H and O–H groups in total. The van der Waals surface area contributed by atoms with Crippen LogP contribution in [0.5, 0.6) is 0 Å². The van der Waals surface area contributed by atoms with Gasteiger partial charge in [-0.25, -0.2) is 9.37 Å². The third kappa shape index (κ3) is 6.35. The molecular weight excluding hydrogens is 557 g/mol. The molecule has 0 spiro atoms. The third-order valence-electron chi connectivity index (χ3n) is 9.10. The van der Waals surface area contributed by atoms with E-state index in [0.29, 0.717) is 54.7 Å². The molecule has 3 aliphatic rings. The molecule has 0 bridgehead atoms. The molecule has 2 aliphatic carbocycles. The maximum absolute atomic E-state index is 14.0. The second-order valence-corrected chi connectivity index (χ2v) is 12.5. The zero-order valence-corrected chi connectivity index (χ0v) is 25.3. The maximum Gasteiger partial charge on any atom is 0.251 e. The summed E-state index contributed by atoms with van der Waals surface area (Å²) >= 11 is 0. The lowest BCUT2D eigenvalue weighted by Crippen LogP contribution is -2.57. The molecule has 1 saturated heterocycles. The largest absolute Gasteiger partial charge is 0.351 e. The lowest BCUT2D eigenvalue weighted by Gasteiger charge is -2.41. The topological polar surface area (TPSA) is 106 Å². The fraction of sp³-hybridized carbons (Fsp3) is 0.400. The van der Waals surface area contributed by atoms with E-state index in [0.717, 1.165) is 43.2 Å². The number of benzene rings is 2. The van der Waals surface area contributed by atoms with E-state index in [1.54, 1.807) is 35.4 Å². The highest BCUT2D eigenvalue weighted by atomic mass is 19.1. The number of nitriles is 1. The molecule has 2 aromatic carbocycles. The first-order valence-electron chi connectivity index (χ1n) is 15.2. The number of hydrogen-bond acceptors (Lipinski definition) is 5. The van der Waals surface area contributed by atoms with Gasteiger partial charge < -0.3 is 5.32 Å². The minimum atomic E-state index is -1.17. The smallest absolute Gasteiger partial charge is 0.251 e. The predicted octanol–water partition coefficient (Wildman–Crippen LogP) is 5.80. The van der Waals surface area contributed by atoms with Crippen molar-refractivity contribution in [3.63, 3.8) is 0 Å². The number of rotatable bonds is 6. The Labute approximate surface area is 257 Å². The Morgan fingerprint density at radius 2 is 1.86 bits per heavy atom. The Balaban J connectivity index is 0.000000229. The summed E-state index contributed by atoms with van der Waals surface area (Å²) in [7, 11) is 0. The molecule has 1 aromatic heterocycles. The number of anilines is 2. The van der Waals surface area contributed by atoms with Gasteiger partial charge in [0.1, 0.15) is 11.6 Å². The van der Waals surface area contributed by atoms with Gasteiger partial charge >= 0.3 is 0 Å². The zero-order chi connectivity index (χ0) is 31.3. The summed E-state index contributed by atoms with van der Waals surface area (Å²) in [5, 5.41) is 11.9. The van der Waals surface area contributed by atoms with Crippen molar-refractivity contribution in [1.29, 1.82) is 5.26 Å².